The Hall–Kier alpha value is -1.73. The third-order valence-corrected chi connectivity index (χ3v) is 8.47. The van der Waals surface area contributed by atoms with E-state index in [1.807, 2.05) is 6.20 Å². The van der Waals surface area contributed by atoms with E-state index in [0.29, 0.717) is 16.2 Å². The van der Waals surface area contributed by atoms with Gasteiger partial charge in [-0.15, -0.1) is 0 Å². The van der Waals surface area contributed by atoms with Crippen LogP contribution in [0.5, 0.6) is 0 Å². The summed E-state index contributed by atoms with van der Waals surface area (Å²) in [5.74, 6) is 0.444. The number of nitrogens with one attached hydrogen (secondary N) is 1. The van der Waals surface area contributed by atoms with Gasteiger partial charge in [0.2, 0.25) is 10.0 Å². The summed E-state index contributed by atoms with van der Waals surface area (Å²) in [4.78, 5) is 4.28. The van der Waals surface area contributed by atoms with Crippen molar-refractivity contribution in [2.75, 3.05) is 0 Å². The van der Waals surface area contributed by atoms with Crippen LogP contribution in [0.15, 0.2) is 35.6 Å². The Morgan fingerprint density at radius 3 is 2.91 bits per heavy atom. The zero-order valence-corrected chi connectivity index (χ0v) is 13.3. The largest absolute Gasteiger partial charge is 0.282 e. The van der Waals surface area contributed by atoms with Gasteiger partial charge in [0.05, 0.1) is 17.8 Å². The average Bonchev–Trinajstić information content (AvgIpc) is 3.44. The van der Waals surface area contributed by atoms with Crippen LogP contribution in [0.4, 0.5) is 0 Å². The quantitative estimate of drug-likeness (QED) is 0.850. The summed E-state index contributed by atoms with van der Waals surface area (Å²) in [5.41, 5.74) is 2.41. The van der Waals surface area contributed by atoms with Gasteiger partial charge >= 0.3 is 0 Å². The Kier molecular flexibility index (Phi) is 1.94. The van der Waals surface area contributed by atoms with Gasteiger partial charge in [-0.05, 0) is 49.1 Å². The molecule has 2 saturated carbocycles. The molecule has 1 N–H and O–H groups in total. The summed E-state index contributed by atoms with van der Waals surface area (Å²) >= 11 is 0. The molecular weight excluding hydrogens is 312 g/mol. The van der Waals surface area contributed by atoms with Gasteiger partial charge in [0, 0.05) is 23.7 Å². The van der Waals surface area contributed by atoms with Crippen molar-refractivity contribution in [2.45, 2.75) is 42.2 Å². The second kappa shape index (κ2) is 3.52. The van der Waals surface area contributed by atoms with Crippen LogP contribution in [-0.2, 0) is 16.4 Å². The highest BCUT2D eigenvalue weighted by atomic mass is 32.2. The lowest BCUT2D eigenvalue weighted by molar-refractivity contribution is 0.0548. The number of pyridine rings is 1. The monoisotopic (exact) mass is 328 g/mol. The molecule has 7 heteroatoms. The first kappa shape index (κ1) is 12.7. The molecular formula is C16H16N4O2S. The molecule has 23 heavy (non-hydrogen) atoms. The first-order valence-corrected chi connectivity index (χ1v) is 9.50. The van der Waals surface area contributed by atoms with Crippen LogP contribution >= 0.6 is 0 Å². The lowest BCUT2D eigenvalue weighted by atomic mass is 9.55. The van der Waals surface area contributed by atoms with Crippen molar-refractivity contribution in [3.05, 3.63) is 42.0 Å². The van der Waals surface area contributed by atoms with Crippen molar-refractivity contribution >= 4 is 10.0 Å². The molecule has 118 valence electrons. The minimum absolute atomic E-state index is 0.0357. The Balaban J connectivity index is 1.51. The molecule has 0 amide bonds. The van der Waals surface area contributed by atoms with E-state index >= 15 is 0 Å². The number of aromatic nitrogens is 3. The van der Waals surface area contributed by atoms with Crippen LogP contribution in [0.1, 0.15) is 36.6 Å². The highest BCUT2D eigenvalue weighted by Crippen LogP contribution is 2.83. The number of nitrogens with zero attached hydrogens (tertiary/aromatic N) is 3. The molecule has 6 nitrogen and oxygen atoms in total. The normalized spacial score (nSPS) is 38.2. The van der Waals surface area contributed by atoms with Gasteiger partial charge in [-0.2, -0.15) is 9.40 Å². The number of hydrogen-bond acceptors (Lipinski definition) is 4. The third-order valence-electron chi connectivity index (χ3n) is 6.57. The summed E-state index contributed by atoms with van der Waals surface area (Å²) in [6.45, 7) is 0. The van der Waals surface area contributed by atoms with E-state index in [-0.39, 0.29) is 11.6 Å². The van der Waals surface area contributed by atoms with Crippen LogP contribution in [0.2, 0.25) is 0 Å². The third kappa shape index (κ3) is 1.26. The predicted molar refractivity (Wildman–Crippen MR) is 80.8 cm³/mol. The fourth-order valence-corrected chi connectivity index (χ4v) is 7.36. The highest BCUT2D eigenvalue weighted by molar-refractivity contribution is 7.89. The van der Waals surface area contributed by atoms with Crippen molar-refractivity contribution < 1.29 is 8.42 Å². The van der Waals surface area contributed by atoms with E-state index in [1.165, 1.54) is 19.0 Å². The van der Waals surface area contributed by atoms with E-state index in [9.17, 15) is 8.42 Å². The zero-order chi connectivity index (χ0) is 15.4. The first-order chi connectivity index (χ1) is 11.1. The molecule has 6 rings (SSSR count). The maximum atomic E-state index is 13.2. The summed E-state index contributed by atoms with van der Waals surface area (Å²) < 4.78 is 28.1. The van der Waals surface area contributed by atoms with Gasteiger partial charge in [0.1, 0.15) is 4.90 Å². The summed E-state index contributed by atoms with van der Waals surface area (Å²) in [6.07, 6.45) is 9.31. The van der Waals surface area contributed by atoms with Crippen LogP contribution in [0.3, 0.4) is 0 Å². The van der Waals surface area contributed by atoms with E-state index < -0.39 is 10.0 Å². The van der Waals surface area contributed by atoms with E-state index in [0.717, 1.165) is 24.1 Å². The lowest BCUT2D eigenvalue weighted by Gasteiger charge is -2.48. The molecule has 1 saturated heterocycles. The molecule has 3 aliphatic carbocycles. The Labute approximate surface area is 134 Å². The fourth-order valence-electron chi connectivity index (χ4n) is 5.42. The topological polar surface area (TPSA) is 78.7 Å². The van der Waals surface area contributed by atoms with Gasteiger partial charge in [0.15, 0.2) is 0 Å². The molecule has 3 fully saturated rings. The van der Waals surface area contributed by atoms with E-state index in [4.69, 9.17) is 0 Å². The number of sulfonamides is 1. The van der Waals surface area contributed by atoms with Crippen molar-refractivity contribution in [1.29, 1.82) is 0 Å². The molecule has 4 atom stereocenters. The molecule has 2 aromatic heterocycles. The predicted octanol–water partition coefficient (Wildman–Crippen LogP) is 1.65. The second-order valence-corrected chi connectivity index (χ2v) is 9.30. The number of fused-ring (bicyclic) bond motifs is 3. The van der Waals surface area contributed by atoms with Gasteiger partial charge in [-0.3, -0.25) is 10.1 Å². The zero-order valence-electron chi connectivity index (χ0n) is 12.4. The smallest absolute Gasteiger partial charge is 0.245 e. The molecule has 0 radical (unpaired) electrons. The lowest BCUT2D eigenvalue weighted by Crippen LogP contribution is -2.52. The van der Waals surface area contributed by atoms with Gasteiger partial charge in [0.25, 0.3) is 0 Å². The molecule has 0 bridgehead atoms. The Morgan fingerprint density at radius 2 is 2.17 bits per heavy atom. The first-order valence-electron chi connectivity index (χ1n) is 8.06. The molecule has 2 aromatic rings. The Morgan fingerprint density at radius 1 is 1.30 bits per heavy atom. The molecule has 3 heterocycles. The second-order valence-electron chi connectivity index (χ2n) is 7.48. The standard InChI is InChI=1S/C16H16N4O2S/c21-23(22,10-2-1-5-17-7-10)20-14-11-8-18-19-12(11)6-13-15(3-4-15)9-16(13,14)20/h1-2,5,7-8,13-14H,3-4,6,9H2,(H,18,19). The highest BCUT2D eigenvalue weighted by Gasteiger charge is 2.86. The average molecular weight is 328 g/mol. The van der Waals surface area contributed by atoms with Crippen molar-refractivity contribution in [3.8, 4) is 0 Å². The molecule has 1 aliphatic heterocycles. The van der Waals surface area contributed by atoms with Crippen molar-refractivity contribution in [2.24, 2.45) is 11.3 Å². The van der Waals surface area contributed by atoms with Crippen LogP contribution < -0.4 is 0 Å². The maximum absolute atomic E-state index is 13.2. The minimum Gasteiger partial charge on any atom is -0.282 e. The Bertz CT molecular complexity index is 934. The van der Waals surface area contributed by atoms with Crippen LogP contribution in [-0.4, -0.2) is 33.4 Å². The molecule has 2 spiro atoms. The van der Waals surface area contributed by atoms with Crippen LogP contribution in [0.25, 0.3) is 0 Å². The minimum atomic E-state index is -3.50. The van der Waals surface area contributed by atoms with E-state index in [1.54, 1.807) is 22.6 Å². The van der Waals surface area contributed by atoms with Crippen molar-refractivity contribution in [1.82, 2.24) is 19.5 Å². The molecule has 4 aliphatic rings. The van der Waals surface area contributed by atoms with Gasteiger partial charge < -0.3 is 0 Å². The SMILES string of the molecule is O=S(=O)(c1cccnc1)N1C2c3cn[nH]c3CC3C4(CC4)CC231. The van der Waals surface area contributed by atoms with E-state index in [2.05, 4.69) is 15.2 Å². The number of rotatable bonds is 2. The van der Waals surface area contributed by atoms with Crippen LogP contribution in [0, 0.1) is 11.3 Å². The summed E-state index contributed by atoms with van der Waals surface area (Å²) in [7, 11) is -3.50. The summed E-state index contributed by atoms with van der Waals surface area (Å²) in [5, 5.41) is 7.26. The molecule has 4 unspecified atom stereocenters. The maximum Gasteiger partial charge on any atom is 0.245 e. The number of aromatic amines is 1. The number of H-pyrrole nitrogens is 1. The fraction of sp³-hybridized carbons (Fsp3) is 0.500. The van der Waals surface area contributed by atoms with Gasteiger partial charge in [-0.25, -0.2) is 8.42 Å². The van der Waals surface area contributed by atoms with Crippen molar-refractivity contribution in [3.63, 3.8) is 0 Å². The summed E-state index contributed by atoms with van der Waals surface area (Å²) in [6, 6.07) is 3.29. The molecule has 0 aromatic carbocycles. The van der Waals surface area contributed by atoms with Gasteiger partial charge in [-0.1, -0.05) is 0 Å². The number of hydrogen-bond donors (Lipinski definition) is 1.